The third-order valence-corrected chi connectivity index (χ3v) is 106. The Morgan fingerprint density at radius 2 is 0.354 bits per heavy atom. The van der Waals surface area contributed by atoms with E-state index in [1.807, 2.05) is 0 Å². The monoisotopic (exact) mass is 2400 g/mol. The second kappa shape index (κ2) is 80.6. The third-order valence-electron chi connectivity index (χ3n) is 28.1. The zero-order valence-electron chi connectivity index (χ0n) is 110. The van der Waals surface area contributed by atoms with Crippen LogP contribution in [0.3, 0.4) is 0 Å². The van der Waals surface area contributed by atoms with Gasteiger partial charge in [0.1, 0.15) is 0 Å². The van der Waals surface area contributed by atoms with E-state index in [0.717, 1.165) is 67.6 Å². The van der Waals surface area contributed by atoms with Gasteiger partial charge in [-0.15, -0.1) is 26.3 Å². The van der Waals surface area contributed by atoms with E-state index >= 15 is 0 Å². The SMILES string of the molecule is C=C.C=C.CCCC[Si](C)(C)C.CCCC[Si](C)(C)O[Si](C)(C)CCC.CCCC[Si](C)(C)O[Si](C)(C)CCCC.CCCC[Si](C)(C)c1ccc([Si](C)(C)CCC)cc1.CCCC[Si](C)(C)c1ccc([Si](C)(C)CCCC)cc1.CCCC[Si]1(C)O[Si](C)(CC)O[Si](C)(CCCC)O[Si](C)(CCCC)O1.CCC[Si](C)(C)C.CCC[Si](C)(C)O[Si](C)(C)C.CCC[Si]1(C)O[Si](C)(CC)O[Si](C)(CCC)O[Si](C)(CCC)O1. The van der Waals surface area contributed by atoms with Crippen LogP contribution in [0.4, 0.5) is 0 Å². The molecule has 4 unspecified atom stereocenters. The van der Waals surface area contributed by atoms with Gasteiger partial charge in [0.2, 0.25) is 0 Å². The lowest BCUT2D eigenvalue weighted by molar-refractivity contribution is 0.219. The Morgan fingerprint density at radius 3 is 0.517 bits per heavy atom. The molecule has 0 saturated carbocycles. The van der Waals surface area contributed by atoms with Gasteiger partial charge in [-0.25, -0.2) is 0 Å². The maximum Gasteiger partial charge on any atom is 0.317 e. The maximum absolute atomic E-state index is 6.97. The van der Waals surface area contributed by atoms with Crippen LogP contribution in [0.5, 0.6) is 0 Å². The van der Waals surface area contributed by atoms with Gasteiger partial charge in [0.15, 0.2) is 49.9 Å². The molecule has 2 aromatic carbocycles. The van der Waals surface area contributed by atoms with Crippen molar-refractivity contribution >= 4 is 188 Å². The normalized spacial score (nSPS) is 21.8. The highest BCUT2D eigenvalue weighted by molar-refractivity contribution is 6.97. The smallest absolute Gasteiger partial charge is 0.317 e. The summed E-state index contributed by atoms with van der Waals surface area (Å²) < 4.78 is 74.0. The summed E-state index contributed by atoms with van der Waals surface area (Å²) in [6.07, 6.45) is 34.4. The predicted molar refractivity (Wildman–Crippen MR) is 730 cm³/mol. The summed E-state index contributed by atoms with van der Waals surface area (Å²) in [6.45, 7) is 138. The Kier molecular flexibility index (Phi) is 88.7. The van der Waals surface area contributed by atoms with Crippen molar-refractivity contribution in [3.8, 4) is 0 Å². The van der Waals surface area contributed by atoms with Crippen molar-refractivity contribution in [2.24, 2.45) is 0 Å². The number of benzene rings is 2. The van der Waals surface area contributed by atoms with Crippen molar-refractivity contribution in [1.29, 1.82) is 0 Å². The molecule has 2 saturated heterocycles. The van der Waals surface area contributed by atoms with Gasteiger partial charge < -0.3 is 45.3 Å². The highest BCUT2D eigenvalue weighted by atomic mass is 28.5. The highest BCUT2D eigenvalue weighted by Crippen LogP contribution is 2.42. The molecule has 2 aromatic rings. The molecular formula is C116H270O11Si20. The summed E-state index contributed by atoms with van der Waals surface area (Å²) in [6, 6.07) is 43.1. The molecule has 2 aliphatic rings. The van der Waals surface area contributed by atoms with Crippen LogP contribution in [-0.4, -0.2) is 167 Å². The second-order valence-corrected chi connectivity index (χ2v) is 140. The van der Waals surface area contributed by atoms with Crippen molar-refractivity contribution < 1.29 is 45.3 Å². The lowest BCUT2D eigenvalue weighted by atomic mass is 10.4. The largest absolute Gasteiger partial charge is 0.456 e. The number of hydrogen-bond donors (Lipinski definition) is 0. The zero-order chi connectivity index (χ0) is 116. The Labute approximate surface area is 948 Å². The number of hydrogen-bond acceptors (Lipinski definition) is 11. The third kappa shape index (κ3) is 82.0. The van der Waals surface area contributed by atoms with Gasteiger partial charge in [0.25, 0.3) is 0 Å². The molecule has 0 spiro atoms. The van der Waals surface area contributed by atoms with E-state index in [0.29, 0.717) is 0 Å². The minimum Gasteiger partial charge on any atom is -0.456 e. The summed E-state index contributed by atoms with van der Waals surface area (Å²) in [4.78, 5) is 0. The summed E-state index contributed by atoms with van der Waals surface area (Å²) in [5, 5.41) is 6.58. The molecule has 2 heterocycles. The van der Waals surface area contributed by atoms with Crippen LogP contribution in [0, 0.1) is 0 Å². The minimum atomic E-state index is -2.29. The van der Waals surface area contributed by atoms with Crippen LogP contribution >= 0.6 is 0 Å². The number of rotatable bonds is 56. The molecular weight excluding hydrogens is 2130 g/mol. The Morgan fingerprint density at radius 1 is 0.184 bits per heavy atom. The second-order valence-electron chi connectivity index (χ2n) is 53.9. The molecule has 0 bridgehead atoms. The molecule has 147 heavy (non-hydrogen) atoms. The molecule has 2 aliphatic heterocycles. The fourth-order valence-electron chi connectivity index (χ4n) is 20.4. The van der Waals surface area contributed by atoms with E-state index in [2.05, 4.69) is 436 Å². The van der Waals surface area contributed by atoms with Crippen molar-refractivity contribution in [1.82, 2.24) is 0 Å². The van der Waals surface area contributed by atoms with Crippen molar-refractivity contribution in [3.05, 3.63) is 74.8 Å². The molecule has 0 radical (unpaired) electrons. The van der Waals surface area contributed by atoms with E-state index in [1.54, 1.807) is 20.7 Å². The standard InChI is InChI=1S/C18H44O4Si4.C18H34Si2.C17H32Si2.C15H38O4Si4.C12H30OSi2.C11H28OSi2.C8H22OSi2.C7H18Si.C6H16Si.2C2H4/c1-9-13-16-24(6)19-23(5,12-4)20-25(7,17-14-10-2)22-26(8,21-24)18-15-11-3;1-7-9-15-19(3,4)17-11-13-18(14-12-17)20(5,6)16-10-8-2;1-7-9-15-19(5,6)17-12-10-16(11-13-17)18(3,4)14-8-2;1-9-13-21(6)16-20(5,12-4)17-22(7,14-10-2)19-23(8,18-21)15-11-3;1-7-9-11-14(3,4)13-15(5,6)12-10-8-2;1-7-9-11-14(5,6)12-13(3,4)10-8-2;1-7-8-11(5,6)9-10(2,3)4;1-5-6-7-8(2,3)4;1-5-6-7(2,3)4;2*1-2/h9-18H2,1-8H3;11-14H,7-10,15-16H2,1-6H3;10-13H,7-9,14-15H2,1-6H3;9-15H2,1-8H3;7-12H2,1-6H3;7-11H2,1-6H3;7-8H2,1-6H3;5-7H2,1-4H3;5-6H2,1-4H3;2*1-2H2. The van der Waals surface area contributed by atoms with Crippen LogP contribution in [0.2, 0.25) is 344 Å². The first-order valence-corrected chi connectivity index (χ1v) is 121. The maximum atomic E-state index is 6.97. The average Bonchev–Trinajstić information content (AvgIpc) is 0.766. The summed E-state index contributed by atoms with van der Waals surface area (Å²) in [7, 11) is -32.0. The lowest BCUT2D eigenvalue weighted by Gasteiger charge is -2.50. The first-order valence-electron chi connectivity index (χ1n) is 61.3. The number of unbranched alkanes of at least 4 members (excludes halogenated alkanes) is 10. The molecule has 31 heteroatoms. The van der Waals surface area contributed by atoms with Crippen LogP contribution in [0.1, 0.15) is 305 Å². The highest BCUT2D eigenvalue weighted by Gasteiger charge is 2.58. The van der Waals surface area contributed by atoms with Gasteiger partial charge in [-0.3, -0.25) is 0 Å². The van der Waals surface area contributed by atoms with Crippen LogP contribution in [0.25, 0.3) is 0 Å². The predicted octanol–water partition coefficient (Wildman–Crippen LogP) is 42.8. The quantitative estimate of drug-likeness (QED) is 0.0467. The van der Waals surface area contributed by atoms with Gasteiger partial charge in [0, 0.05) is 16.1 Å². The lowest BCUT2D eigenvalue weighted by Crippen LogP contribution is -2.67. The topological polar surface area (TPSA) is 102 Å². The summed E-state index contributed by atoms with van der Waals surface area (Å²) in [5.41, 5.74) is 0. The van der Waals surface area contributed by atoms with Gasteiger partial charge in [-0.05, 0) is 216 Å². The van der Waals surface area contributed by atoms with Gasteiger partial charge in [0.05, 0.1) is 32.3 Å². The van der Waals surface area contributed by atoms with E-state index in [9.17, 15) is 0 Å². The van der Waals surface area contributed by atoms with Gasteiger partial charge in [-0.2, -0.15) is 0 Å². The molecule has 4 rings (SSSR count). The molecule has 0 amide bonds. The molecule has 880 valence electrons. The van der Waals surface area contributed by atoms with Crippen LogP contribution < -0.4 is 20.7 Å². The fraction of sp³-hybridized carbons (Fsp3) is 0.862. The van der Waals surface area contributed by atoms with E-state index in [-0.39, 0.29) is 0 Å². The van der Waals surface area contributed by atoms with Crippen LogP contribution in [0.15, 0.2) is 74.8 Å². The zero-order valence-corrected chi connectivity index (χ0v) is 130. The Hall–Kier alpha value is 1.82. The van der Waals surface area contributed by atoms with Gasteiger partial charge in [-0.1, -0.05) is 502 Å². The van der Waals surface area contributed by atoms with Crippen molar-refractivity contribution in [2.75, 3.05) is 0 Å². The summed E-state index contributed by atoms with van der Waals surface area (Å²) >= 11 is 0. The molecule has 0 aromatic heterocycles. The van der Waals surface area contributed by atoms with E-state index in [4.69, 9.17) is 45.3 Å². The fourth-order valence-corrected chi connectivity index (χ4v) is 107. The molecule has 0 N–H and O–H groups in total. The van der Waals surface area contributed by atoms with Crippen LogP contribution in [-0.2, 0) is 45.3 Å². The Bertz CT molecular complexity index is 3360. The van der Waals surface area contributed by atoms with E-state index < -0.39 is 167 Å². The Balaban J connectivity index is -0.000000305. The van der Waals surface area contributed by atoms with Crippen molar-refractivity contribution in [2.45, 2.75) is 649 Å². The molecule has 2 fully saturated rings. The van der Waals surface area contributed by atoms with Gasteiger partial charge >= 0.3 is 68.5 Å². The molecule has 0 aliphatic carbocycles. The molecule has 4 atom stereocenters. The minimum absolute atomic E-state index is 0.657. The molecule has 11 nitrogen and oxygen atoms in total. The van der Waals surface area contributed by atoms with E-state index in [1.165, 1.54) is 221 Å². The first-order chi connectivity index (χ1) is 67.4. The van der Waals surface area contributed by atoms with Crippen molar-refractivity contribution in [3.63, 3.8) is 0 Å². The summed E-state index contributed by atoms with van der Waals surface area (Å²) in [5.74, 6) is 0. The first kappa shape index (κ1) is 162. The average molecular weight is 2400 g/mol.